The van der Waals surface area contributed by atoms with Crippen LogP contribution in [0.15, 0.2) is 84.0 Å². The molecule has 2 heterocycles. The zero-order valence-corrected chi connectivity index (χ0v) is 18.4. The van der Waals surface area contributed by atoms with E-state index in [9.17, 15) is 14.9 Å². The summed E-state index contributed by atoms with van der Waals surface area (Å²) in [5, 5.41) is 14.2. The van der Waals surface area contributed by atoms with Crippen molar-refractivity contribution in [2.45, 2.75) is 19.3 Å². The molecule has 1 aliphatic rings. The minimum atomic E-state index is -0.767. The lowest BCUT2D eigenvalue weighted by molar-refractivity contribution is -0.384. The van der Waals surface area contributed by atoms with Gasteiger partial charge in [-0.25, -0.2) is 4.98 Å². The van der Waals surface area contributed by atoms with Crippen molar-refractivity contribution in [3.05, 3.63) is 106 Å². The topological polar surface area (TPSA) is 113 Å². The van der Waals surface area contributed by atoms with Crippen LogP contribution in [0.25, 0.3) is 11.3 Å². The Hall–Kier alpha value is -4.59. The molecule has 1 aliphatic heterocycles. The van der Waals surface area contributed by atoms with Crippen LogP contribution in [0.3, 0.4) is 0 Å². The van der Waals surface area contributed by atoms with Crippen LogP contribution < -0.4 is 5.32 Å². The number of carbonyl (C=O) groups is 1. The number of nitro groups is 1. The summed E-state index contributed by atoms with van der Waals surface area (Å²) in [4.78, 5) is 36.4. The summed E-state index contributed by atoms with van der Waals surface area (Å²) in [6.45, 7) is 2.04. The molecule has 5 rings (SSSR count). The van der Waals surface area contributed by atoms with Crippen molar-refractivity contribution in [2.24, 2.45) is 4.99 Å². The van der Waals surface area contributed by atoms with Crippen molar-refractivity contribution < 1.29 is 9.72 Å². The fraction of sp³-hybridized carbons (Fsp3) is 0.115. The van der Waals surface area contributed by atoms with Gasteiger partial charge < -0.3 is 10.3 Å². The molecule has 0 saturated carbocycles. The zero-order valence-electron chi connectivity index (χ0n) is 18.4. The van der Waals surface area contributed by atoms with Gasteiger partial charge in [-0.1, -0.05) is 49.4 Å². The molecule has 8 nitrogen and oxygen atoms in total. The van der Waals surface area contributed by atoms with E-state index >= 15 is 0 Å². The number of non-ortho nitro benzene ring substituents is 1. The lowest BCUT2D eigenvalue weighted by atomic mass is 9.90. The number of aryl methyl sites for hydroxylation is 1. The maximum atomic E-state index is 13.0. The standard InChI is InChI=1S/C26H21N5O3/c1-2-23-27-15-22(29-23)16-8-10-18(11-9-16)28-25(17-6-4-3-5-7-17)24-20-14-19(31(33)34)12-13-21(20)30-26(24)32/h3-15,24H,2H2,1H3,(H,27,29)(H,30,32). The predicted octanol–water partition coefficient (Wildman–Crippen LogP) is 5.40. The molecule has 1 amide bonds. The molecule has 1 aromatic heterocycles. The van der Waals surface area contributed by atoms with Crippen LogP contribution in [0.2, 0.25) is 0 Å². The fourth-order valence-corrected chi connectivity index (χ4v) is 4.08. The van der Waals surface area contributed by atoms with E-state index in [1.165, 1.54) is 12.1 Å². The van der Waals surface area contributed by atoms with Gasteiger partial charge in [0.1, 0.15) is 11.7 Å². The van der Waals surface area contributed by atoms with E-state index in [0.29, 0.717) is 22.6 Å². The molecule has 0 spiro atoms. The maximum absolute atomic E-state index is 13.0. The van der Waals surface area contributed by atoms with Crippen molar-refractivity contribution in [2.75, 3.05) is 5.32 Å². The van der Waals surface area contributed by atoms with Crippen molar-refractivity contribution in [1.29, 1.82) is 0 Å². The smallest absolute Gasteiger partial charge is 0.269 e. The van der Waals surface area contributed by atoms with E-state index in [2.05, 4.69) is 15.3 Å². The molecule has 1 unspecified atom stereocenters. The molecule has 0 fully saturated rings. The van der Waals surface area contributed by atoms with Crippen LogP contribution in [0.4, 0.5) is 17.1 Å². The summed E-state index contributed by atoms with van der Waals surface area (Å²) in [5.74, 6) is -0.112. The Morgan fingerprint density at radius 2 is 1.85 bits per heavy atom. The van der Waals surface area contributed by atoms with Crippen LogP contribution in [0.1, 0.15) is 29.8 Å². The number of rotatable bonds is 6. The SMILES string of the molecule is CCc1ncc(-c2ccc(N=C(c3ccccc3)C3C(=O)Nc4ccc([N+](=O)[O-])cc43)cc2)[nH]1. The van der Waals surface area contributed by atoms with Crippen LogP contribution in [-0.2, 0) is 11.2 Å². The number of aromatic nitrogens is 2. The second-order valence-corrected chi connectivity index (χ2v) is 7.96. The lowest BCUT2D eigenvalue weighted by Gasteiger charge is -2.14. The first-order chi connectivity index (χ1) is 16.5. The Bertz CT molecular complexity index is 1410. The number of H-pyrrole nitrogens is 1. The van der Waals surface area contributed by atoms with Crippen molar-refractivity contribution in [1.82, 2.24) is 9.97 Å². The number of hydrogen-bond acceptors (Lipinski definition) is 5. The average Bonchev–Trinajstić information content (AvgIpc) is 3.47. The van der Waals surface area contributed by atoms with Crippen LogP contribution in [-0.4, -0.2) is 26.5 Å². The molecule has 4 aromatic rings. The number of aromatic amines is 1. The molecule has 168 valence electrons. The molecule has 1 atom stereocenters. The molecule has 3 aromatic carbocycles. The highest BCUT2D eigenvalue weighted by Crippen LogP contribution is 2.38. The first-order valence-corrected chi connectivity index (χ1v) is 10.9. The second-order valence-electron chi connectivity index (χ2n) is 7.96. The molecule has 34 heavy (non-hydrogen) atoms. The van der Waals surface area contributed by atoms with Gasteiger partial charge in [-0.05, 0) is 29.3 Å². The fourth-order valence-electron chi connectivity index (χ4n) is 4.08. The van der Waals surface area contributed by atoms with Gasteiger partial charge in [0.05, 0.1) is 28.2 Å². The van der Waals surface area contributed by atoms with E-state index in [4.69, 9.17) is 4.99 Å². The minimum absolute atomic E-state index is 0.0666. The molecule has 2 N–H and O–H groups in total. The molecule has 8 heteroatoms. The Kier molecular flexibility index (Phi) is 5.47. The Labute approximate surface area is 195 Å². The highest BCUT2D eigenvalue weighted by molar-refractivity contribution is 6.24. The molecular formula is C26H21N5O3. The summed E-state index contributed by atoms with van der Waals surface area (Å²) in [5.41, 5.74) is 4.91. The number of anilines is 1. The van der Waals surface area contributed by atoms with E-state index in [1.807, 2.05) is 61.5 Å². The Balaban J connectivity index is 1.58. The molecule has 0 aliphatic carbocycles. The quantitative estimate of drug-likeness (QED) is 0.232. The summed E-state index contributed by atoms with van der Waals surface area (Å²) in [7, 11) is 0. The first-order valence-electron chi connectivity index (χ1n) is 10.9. The summed E-state index contributed by atoms with van der Waals surface area (Å²) in [6, 6.07) is 21.5. The highest BCUT2D eigenvalue weighted by atomic mass is 16.6. The lowest BCUT2D eigenvalue weighted by Crippen LogP contribution is -2.22. The number of nitro benzene ring substituents is 1. The number of carbonyl (C=O) groups excluding carboxylic acids is 1. The number of nitrogens with one attached hydrogen (secondary N) is 2. The minimum Gasteiger partial charge on any atom is -0.342 e. The van der Waals surface area contributed by atoms with Crippen LogP contribution in [0.5, 0.6) is 0 Å². The summed E-state index contributed by atoms with van der Waals surface area (Å²) in [6.07, 6.45) is 2.63. The third kappa shape index (κ3) is 3.97. The third-order valence-corrected chi connectivity index (χ3v) is 5.81. The summed E-state index contributed by atoms with van der Waals surface area (Å²) < 4.78 is 0. The van der Waals surface area contributed by atoms with Gasteiger partial charge in [-0.15, -0.1) is 0 Å². The number of benzene rings is 3. The van der Waals surface area contributed by atoms with E-state index in [-0.39, 0.29) is 11.6 Å². The van der Waals surface area contributed by atoms with Gasteiger partial charge in [-0.2, -0.15) is 0 Å². The van der Waals surface area contributed by atoms with Crippen molar-refractivity contribution >= 4 is 28.7 Å². The van der Waals surface area contributed by atoms with E-state index in [1.54, 1.807) is 12.3 Å². The highest BCUT2D eigenvalue weighted by Gasteiger charge is 2.36. The normalized spacial score (nSPS) is 15.1. The van der Waals surface area contributed by atoms with Gasteiger partial charge in [0.15, 0.2) is 0 Å². The zero-order chi connectivity index (χ0) is 23.7. The number of amides is 1. The maximum Gasteiger partial charge on any atom is 0.269 e. The molecular weight excluding hydrogens is 430 g/mol. The molecule has 0 radical (unpaired) electrons. The van der Waals surface area contributed by atoms with E-state index in [0.717, 1.165) is 29.1 Å². The van der Waals surface area contributed by atoms with Crippen molar-refractivity contribution in [3.8, 4) is 11.3 Å². The van der Waals surface area contributed by atoms with Gasteiger partial charge in [0.2, 0.25) is 5.91 Å². The van der Waals surface area contributed by atoms with Crippen LogP contribution >= 0.6 is 0 Å². The average molecular weight is 451 g/mol. The van der Waals surface area contributed by atoms with Gasteiger partial charge in [0, 0.05) is 29.8 Å². The summed E-state index contributed by atoms with van der Waals surface area (Å²) >= 11 is 0. The Morgan fingerprint density at radius 1 is 1.09 bits per heavy atom. The Morgan fingerprint density at radius 3 is 2.53 bits per heavy atom. The molecule has 0 saturated heterocycles. The molecule has 0 bridgehead atoms. The van der Waals surface area contributed by atoms with Crippen molar-refractivity contribution in [3.63, 3.8) is 0 Å². The number of fused-ring (bicyclic) bond motifs is 1. The van der Waals surface area contributed by atoms with E-state index < -0.39 is 10.8 Å². The number of hydrogen-bond donors (Lipinski definition) is 2. The number of aliphatic imine (C=N–C) groups is 1. The number of imidazole rings is 1. The monoisotopic (exact) mass is 451 g/mol. The van der Waals surface area contributed by atoms with Crippen LogP contribution in [0, 0.1) is 10.1 Å². The largest absolute Gasteiger partial charge is 0.342 e. The van der Waals surface area contributed by atoms with Gasteiger partial charge in [-0.3, -0.25) is 19.9 Å². The van der Waals surface area contributed by atoms with Gasteiger partial charge in [0.25, 0.3) is 5.69 Å². The third-order valence-electron chi connectivity index (χ3n) is 5.81. The first kappa shape index (κ1) is 21.3. The predicted molar refractivity (Wildman–Crippen MR) is 131 cm³/mol. The second kappa shape index (κ2) is 8.74. The van der Waals surface area contributed by atoms with Gasteiger partial charge >= 0.3 is 0 Å². The number of nitrogens with zero attached hydrogens (tertiary/aromatic N) is 3.